The maximum atomic E-state index is 14.4. The number of oxime groups is 1. The van der Waals surface area contributed by atoms with E-state index in [2.05, 4.69) is 39.7 Å². The third kappa shape index (κ3) is 16.0. The fourth-order valence-corrected chi connectivity index (χ4v) is 9.47. The van der Waals surface area contributed by atoms with Gasteiger partial charge >= 0.3 is 34.6 Å². The second-order valence-electron chi connectivity index (χ2n) is 24.0. The second kappa shape index (κ2) is 22.6. The largest absolute Gasteiger partial charge is 0.485 e. The van der Waals surface area contributed by atoms with Crippen LogP contribution in [0.5, 0.6) is 5.75 Å². The topological polar surface area (TPSA) is 298 Å². The highest BCUT2D eigenvalue weighted by Crippen LogP contribution is 2.38. The van der Waals surface area contributed by atoms with Crippen molar-refractivity contribution in [3.63, 3.8) is 0 Å². The first-order chi connectivity index (χ1) is 35.8. The summed E-state index contributed by atoms with van der Waals surface area (Å²) in [6, 6.07) is 4.24. The van der Waals surface area contributed by atoms with Gasteiger partial charge in [-0.15, -0.1) is 20.3 Å². The van der Waals surface area contributed by atoms with Crippen LogP contribution in [0.1, 0.15) is 128 Å². The van der Waals surface area contributed by atoms with Gasteiger partial charge in [-0.1, -0.05) is 11.2 Å². The maximum Gasteiger partial charge on any atom is 0.418 e. The standard InChI is InChI=1S/C51H73N9O16S2/c1-46(2,3)71-41(63)51(15,75-56-37(34-29-77-42(53-34)55-44(65)73-48(7,8)9)39(61)54-38-40(62)60(50(38,13)14)76-78(67,68)69)36-20-18-32-23-31(17-19-35(32)70-36)33-27-58(22-16-21-52-43(64)72-47(4,5)6)59(28-33)26-30-24-57(25-30)45(66)74-49(10,11)12/h17,19,23,27-30,36,38H,16,18,20-22,24-26H2,1-15H3,(H3-,52,53,54,55,61,64,65,67,68,69)/p+1/b56-37-/t36-,38-,51?/m1/s1. The molecule has 0 saturated carbocycles. The number of nitrogens with zero attached hydrogens (tertiary/aromatic N) is 6. The molecule has 2 fully saturated rings. The van der Waals surface area contributed by atoms with E-state index in [4.69, 9.17) is 28.5 Å². The summed E-state index contributed by atoms with van der Waals surface area (Å²) in [6.45, 7) is 27.6. The van der Waals surface area contributed by atoms with Crippen molar-refractivity contribution in [2.24, 2.45) is 11.1 Å². The Bertz CT molecular complexity index is 2900. The van der Waals surface area contributed by atoms with Crippen molar-refractivity contribution in [3.05, 3.63) is 47.2 Å². The quantitative estimate of drug-likeness (QED) is 0.0174. The Balaban J connectivity index is 1.27. The number of ether oxygens (including phenoxy) is 5. The van der Waals surface area contributed by atoms with Crippen molar-refractivity contribution in [1.82, 2.24) is 30.3 Å². The molecule has 5 heterocycles. The van der Waals surface area contributed by atoms with Gasteiger partial charge in [0.25, 0.3) is 17.4 Å². The predicted octanol–water partition coefficient (Wildman–Crippen LogP) is 6.08. The Hall–Kier alpha value is -6.58. The van der Waals surface area contributed by atoms with Crippen molar-refractivity contribution in [3.8, 4) is 16.9 Å². The Morgan fingerprint density at radius 2 is 1.53 bits per heavy atom. The van der Waals surface area contributed by atoms with Gasteiger partial charge in [0, 0.05) is 25.0 Å². The van der Waals surface area contributed by atoms with E-state index in [0.29, 0.717) is 56.4 Å². The summed E-state index contributed by atoms with van der Waals surface area (Å²) in [4.78, 5) is 91.7. The molecule has 0 spiro atoms. The number of benzene rings is 1. The van der Waals surface area contributed by atoms with Crippen LogP contribution in [0.2, 0.25) is 0 Å². The Morgan fingerprint density at radius 1 is 0.897 bits per heavy atom. The van der Waals surface area contributed by atoms with Crippen LogP contribution in [0.3, 0.4) is 0 Å². The lowest BCUT2D eigenvalue weighted by Gasteiger charge is -2.50. The number of fused-ring (bicyclic) bond motifs is 1. The average Bonchev–Trinajstić information content (AvgIpc) is 3.90. The number of hydrogen-bond donors (Lipinski definition) is 4. The smallest absolute Gasteiger partial charge is 0.418 e. The van der Waals surface area contributed by atoms with Crippen LogP contribution in [0.25, 0.3) is 11.1 Å². The third-order valence-corrected chi connectivity index (χ3v) is 13.1. The number of hydrogen-bond acceptors (Lipinski definition) is 18. The summed E-state index contributed by atoms with van der Waals surface area (Å²) >= 11 is 0.896. The molecule has 78 heavy (non-hydrogen) atoms. The van der Waals surface area contributed by atoms with Crippen LogP contribution < -0.4 is 25.4 Å². The zero-order valence-corrected chi connectivity index (χ0v) is 48.6. The van der Waals surface area contributed by atoms with Crippen molar-refractivity contribution in [2.75, 3.05) is 25.0 Å². The number of rotatable bonds is 17. The lowest BCUT2D eigenvalue weighted by atomic mass is 9.84. The molecule has 430 valence electrons. The van der Waals surface area contributed by atoms with Crippen LogP contribution in [0.4, 0.5) is 19.5 Å². The van der Waals surface area contributed by atoms with Gasteiger partial charge in [0.1, 0.15) is 39.9 Å². The van der Waals surface area contributed by atoms with E-state index in [-0.39, 0.29) is 29.3 Å². The Morgan fingerprint density at radius 3 is 2.13 bits per heavy atom. The number of β-lactam (4-membered cyclic amide) rings is 1. The second-order valence-corrected chi connectivity index (χ2v) is 25.9. The molecule has 3 aliphatic rings. The molecule has 1 aromatic carbocycles. The number of amides is 5. The lowest BCUT2D eigenvalue weighted by Crippen LogP contribution is -2.76. The molecule has 0 radical (unpaired) electrons. The molecule has 0 aliphatic carbocycles. The molecule has 4 N–H and O–H groups in total. The molecule has 0 bridgehead atoms. The zero-order chi connectivity index (χ0) is 58.1. The monoisotopic (exact) mass is 1130 g/mol. The number of thiazole rings is 1. The van der Waals surface area contributed by atoms with E-state index in [1.807, 2.05) is 45.3 Å². The number of nitrogens with one attached hydrogen (secondary N) is 3. The molecule has 5 amide bonds. The molecular weight excluding hydrogens is 1060 g/mol. The minimum absolute atomic E-state index is 0.0157. The lowest BCUT2D eigenvalue weighted by molar-refractivity contribution is -0.781. The number of carbonyl (C=O) groups excluding carboxylic acids is 6. The van der Waals surface area contributed by atoms with Gasteiger partial charge in [0.05, 0.1) is 29.8 Å². The van der Waals surface area contributed by atoms with Crippen molar-refractivity contribution >= 4 is 68.6 Å². The van der Waals surface area contributed by atoms with Crippen molar-refractivity contribution in [1.29, 1.82) is 0 Å². The number of aryl methyl sites for hydroxylation is 2. The third-order valence-electron chi connectivity index (χ3n) is 12.0. The van der Waals surface area contributed by atoms with Gasteiger partial charge in [-0.05, 0) is 146 Å². The molecule has 2 saturated heterocycles. The number of alkyl carbamates (subject to hydrolysis) is 1. The summed E-state index contributed by atoms with van der Waals surface area (Å²) < 4.78 is 69.7. The Kier molecular flexibility index (Phi) is 17.6. The van der Waals surface area contributed by atoms with E-state index in [1.165, 1.54) is 26.2 Å². The highest BCUT2D eigenvalue weighted by Gasteiger charge is 2.58. The summed E-state index contributed by atoms with van der Waals surface area (Å²) in [5.74, 6) is -2.40. The van der Waals surface area contributed by atoms with Crippen LogP contribution in [0, 0.1) is 5.92 Å². The van der Waals surface area contributed by atoms with E-state index >= 15 is 0 Å². The minimum Gasteiger partial charge on any atom is -0.485 e. The molecule has 25 nitrogen and oxygen atoms in total. The van der Waals surface area contributed by atoms with Crippen LogP contribution in [0.15, 0.2) is 41.1 Å². The number of esters is 1. The van der Waals surface area contributed by atoms with E-state index in [9.17, 15) is 41.7 Å². The molecular formula is C51H74N9O16S2+. The number of likely N-dealkylation sites (tertiary alicyclic amines) is 1. The van der Waals surface area contributed by atoms with Crippen LogP contribution in [-0.4, -0.2) is 140 Å². The van der Waals surface area contributed by atoms with Crippen LogP contribution >= 0.6 is 11.3 Å². The minimum atomic E-state index is -5.12. The molecule has 1 unspecified atom stereocenters. The molecule has 27 heteroatoms. The highest BCUT2D eigenvalue weighted by atomic mass is 32.3. The molecule has 6 rings (SSSR count). The summed E-state index contributed by atoms with van der Waals surface area (Å²) in [5.41, 5.74) is -4.88. The number of aromatic nitrogens is 3. The molecule has 3 aliphatic heterocycles. The summed E-state index contributed by atoms with van der Waals surface area (Å²) in [6.07, 6.45) is 2.46. The summed E-state index contributed by atoms with van der Waals surface area (Å²) in [5, 5.41) is 13.7. The fourth-order valence-electron chi connectivity index (χ4n) is 8.33. The normalized spacial score (nSPS) is 18.7. The van der Waals surface area contributed by atoms with Gasteiger partial charge in [-0.3, -0.25) is 19.5 Å². The summed E-state index contributed by atoms with van der Waals surface area (Å²) in [7, 11) is -5.12. The first-order valence-corrected chi connectivity index (χ1v) is 27.7. The van der Waals surface area contributed by atoms with Crippen molar-refractivity contribution in [2.45, 2.75) is 182 Å². The fraction of sp³-hybridized carbons (Fsp3) is 0.627. The van der Waals surface area contributed by atoms with Gasteiger partial charge in [0.2, 0.25) is 6.20 Å². The zero-order valence-electron chi connectivity index (χ0n) is 46.9. The van der Waals surface area contributed by atoms with Gasteiger partial charge in [-0.2, -0.15) is 18.2 Å². The van der Waals surface area contributed by atoms with Crippen molar-refractivity contribution < 1.29 is 79.2 Å². The highest BCUT2D eigenvalue weighted by molar-refractivity contribution is 7.80. The van der Waals surface area contributed by atoms with Gasteiger partial charge in [0.15, 0.2) is 23.5 Å². The number of hydroxylamine groups is 2. The van der Waals surface area contributed by atoms with E-state index < -0.39 is 91.8 Å². The molecule has 2 aromatic heterocycles. The first kappa shape index (κ1) is 60.6. The molecule has 3 atom stereocenters. The Labute approximate surface area is 458 Å². The van der Waals surface area contributed by atoms with E-state index in [1.54, 1.807) is 73.3 Å². The van der Waals surface area contributed by atoms with Gasteiger partial charge in [-0.25, -0.2) is 24.2 Å². The number of anilines is 1. The van der Waals surface area contributed by atoms with Crippen LogP contribution in [-0.2, 0) is 72.4 Å². The first-order valence-electron chi connectivity index (χ1n) is 25.4. The SMILES string of the molecule is CC(C)(C)OC(=O)NCCCn1cc(-c2ccc3c(c2)CC[C@H](C(C)(O/N=C(\C(=O)N[C@@H]2C(=O)N(OS(=O)(=O)O)C2(C)C)c2csc(NC(=O)OC(C)(C)C)n2)C(=O)OC(C)(C)C)O3)c[n+]1CC1CN(C(=O)OC(C)(C)C)C1. The van der Waals surface area contributed by atoms with Gasteiger partial charge < -0.3 is 44.1 Å². The maximum absolute atomic E-state index is 14.4. The number of carbonyl (C=O) groups is 6. The van der Waals surface area contributed by atoms with E-state index in [0.717, 1.165) is 28.0 Å². The average molecular weight is 1130 g/mol. The predicted molar refractivity (Wildman–Crippen MR) is 282 cm³/mol. The molecule has 3 aromatic rings.